The second-order valence-corrected chi connectivity index (χ2v) is 6.34. The van der Waals surface area contributed by atoms with Gasteiger partial charge in [-0.25, -0.2) is 0 Å². The van der Waals surface area contributed by atoms with Gasteiger partial charge in [-0.15, -0.1) is 0 Å². The highest BCUT2D eigenvalue weighted by Crippen LogP contribution is 2.31. The zero-order valence-corrected chi connectivity index (χ0v) is 13.3. The molecule has 0 spiro atoms. The highest BCUT2D eigenvalue weighted by atomic mass is 16.3. The fraction of sp³-hybridized carbons (Fsp3) is 0.350. The van der Waals surface area contributed by atoms with Crippen LogP contribution in [0.15, 0.2) is 48.5 Å². The SMILES string of the molecule is O=C(CCC1CCCC1)Nc1cc(-c2ccccc2)ccc1O. The minimum Gasteiger partial charge on any atom is -0.506 e. The van der Waals surface area contributed by atoms with Crippen LogP contribution < -0.4 is 5.32 Å². The van der Waals surface area contributed by atoms with Crippen molar-refractivity contribution in [2.24, 2.45) is 5.92 Å². The molecule has 0 unspecified atom stereocenters. The van der Waals surface area contributed by atoms with Crippen LogP contribution in [0.5, 0.6) is 5.75 Å². The van der Waals surface area contributed by atoms with Crippen molar-refractivity contribution < 1.29 is 9.90 Å². The first kappa shape index (κ1) is 15.6. The summed E-state index contributed by atoms with van der Waals surface area (Å²) in [5.74, 6) is 0.793. The van der Waals surface area contributed by atoms with Crippen LogP contribution in [0, 0.1) is 5.92 Å². The molecule has 2 N–H and O–H groups in total. The third kappa shape index (κ3) is 4.13. The largest absolute Gasteiger partial charge is 0.506 e. The lowest BCUT2D eigenvalue weighted by Gasteiger charge is -2.11. The summed E-state index contributed by atoms with van der Waals surface area (Å²) < 4.78 is 0. The Morgan fingerprint density at radius 2 is 1.78 bits per heavy atom. The van der Waals surface area contributed by atoms with E-state index in [9.17, 15) is 9.90 Å². The molecule has 1 fully saturated rings. The minimum atomic E-state index is -0.0163. The number of benzene rings is 2. The van der Waals surface area contributed by atoms with E-state index in [0.29, 0.717) is 18.0 Å². The number of hydrogen-bond donors (Lipinski definition) is 2. The van der Waals surface area contributed by atoms with Gasteiger partial charge in [-0.2, -0.15) is 0 Å². The zero-order valence-electron chi connectivity index (χ0n) is 13.3. The lowest BCUT2D eigenvalue weighted by atomic mass is 10.0. The molecular weight excluding hydrogens is 286 g/mol. The molecule has 0 saturated heterocycles. The van der Waals surface area contributed by atoms with E-state index in [-0.39, 0.29) is 11.7 Å². The number of hydrogen-bond acceptors (Lipinski definition) is 2. The van der Waals surface area contributed by atoms with E-state index in [1.807, 2.05) is 42.5 Å². The molecule has 1 amide bonds. The molecule has 0 heterocycles. The second kappa shape index (κ2) is 7.32. The summed E-state index contributed by atoms with van der Waals surface area (Å²) in [5, 5.41) is 12.9. The standard InChI is InChI=1S/C20H23NO2/c22-19-12-11-17(16-8-2-1-3-9-16)14-18(19)21-20(23)13-10-15-6-4-5-7-15/h1-3,8-9,11-12,14-15,22H,4-7,10,13H2,(H,21,23). The predicted molar refractivity (Wildman–Crippen MR) is 93.4 cm³/mol. The summed E-state index contributed by atoms with van der Waals surface area (Å²) in [6, 6.07) is 15.3. The van der Waals surface area contributed by atoms with Crippen LogP contribution in [0.25, 0.3) is 11.1 Å². The Morgan fingerprint density at radius 1 is 1.04 bits per heavy atom. The van der Waals surface area contributed by atoms with E-state index in [2.05, 4.69) is 5.32 Å². The molecule has 0 bridgehead atoms. The molecule has 3 heteroatoms. The van der Waals surface area contributed by atoms with E-state index < -0.39 is 0 Å². The molecule has 1 aliphatic carbocycles. The molecule has 3 rings (SSSR count). The van der Waals surface area contributed by atoms with Gasteiger partial charge in [-0.1, -0.05) is 62.1 Å². The molecule has 0 aliphatic heterocycles. The number of phenols is 1. The smallest absolute Gasteiger partial charge is 0.224 e. The van der Waals surface area contributed by atoms with E-state index in [1.54, 1.807) is 6.07 Å². The maximum Gasteiger partial charge on any atom is 0.224 e. The first-order chi connectivity index (χ1) is 11.2. The number of anilines is 1. The van der Waals surface area contributed by atoms with Crippen LogP contribution >= 0.6 is 0 Å². The fourth-order valence-corrected chi connectivity index (χ4v) is 3.29. The average molecular weight is 309 g/mol. The number of phenolic OH excluding ortho intramolecular Hbond substituents is 1. The average Bonchev–Trinajstić information content (AvgIpc) is 3.09. The Morgan fingerprint density at radius 3 is 2.52 bits per heavy atom. The van der Waals surface area contributed by atoms with Crippen LogP contribution in [-0.4, -0.2) is 11.0 Å². The van der Waals surface area contributed by atoms with Gasteiger partial charge in [0.1, 0.15) is 5.75 Å². The topological polar surface area (TPSA) is 49.3 Å². The Balaban J connectivity index is 1.65. The molecule has 2 aromatic rings. The number of carbonyl (C=O) groups is 1. The number of rotatable bonds is 5. The summed E-state index contributed by atoms with van der Waals surface area (Å²) in [7, 11) is 0. The van der Waals surface area contributed by atoms with Gasteiger partial charge in [-0.3, -0.25) is 4.79 Å². The van der Waals surface area contributed by atoms with Crippen LogP contribution in [0.1, 0.15) is 38.5 Å². The van der Waals surface area contributed by atoms with Gasteiger partial charge in [0.15, 0.2) is 0 Å². The monoisotopic (exact) mass is 309 g/mol. The van der Waals surface area contributed by atoms with Gasteiger partial charge in [-0.05, 0) is 35.6 Å². The summed E-state index contributed by atoms with van der Waals surface area (Å²) in [6.07, 6.45) is 6.58. The van der Waals surface area contributed by atoms with Crippen molar-refractivity contribution in [1.82, 2.24) is 0 Å². The maximum absolute atomic E-state index is 12.1. The Kier molecular flexibility index (Phi) is 4.96. The molecule has 120 valence electrons. The zero-order chi connectivity index (χ0) is 16.1. The molecule has 0 radical (unpaired) electrons. The maximum atomic E-state index is 12.1. The Bertz CT molecular complexity index is 661. The summed E-state index contributed by atoms with van der Waals surface area (Å²) in [5.41, 5.74) is 2.53. The van der Waals surface area contributed by atoms with Crippen molar-refractivity contribution in [1.29, 1.82) is 0 Å². The van der Waals surface area contributed by atoms with Crippen molar-refractivity contribution in [3.63, 3.8) is 0 Å². The molecule has 1 aliphatic rings. The van der Waals surface area contributed by atoms with E-state index in [0.717, 1.165) is 17.5 Å². The van der Waals surface area contributed by atoms with E-state index in [1.165, 1.54) is 25.7 Å². The molecule has 23 heavy (non-hydrogen) atoms. The Hall–Kier alpha value is -2.29. The molecule has 2 aromatic carbocycles. The van der Waals surface area contributed by atoms with Gasteiger partial charge in [0.05, 0.1) is 5.69 Å². The third-order valence-electron chi connectivity index (χ3n) is 4.63. The van der Waals surface area contributed by atoms with E-state index in [4.69, 9.17) is 0 Å². The first-order valence-electron chi connectivity index (χ1n) is 8.40. The fourth-order valence-electron chi connectivity index (χ4n) is 3.29. The summed E-state index contributed by atoms with van der Waals surface area (Å²) in [4.78, 5) is 12.1. The summed E-state index contributed by atoms with van der Waals surface area (Å²) in [6.45, 7) is 0. The van der Waals surface area contributed by atoms with E-state index >= 15 is 0 Å². The van der Waals surface area contributed by atoms with Gasteiger partial charge in [0.25, 0.3) is 0 Å². The lowest BCUT2D eigenvalue weighted by Crippen LogP contribution is -2.13. The normalized spacial score (nSPS) is 14.8. The predicted octanol–water partition coefficient (Wildman–Crippen LogP) is 4.97. The quantitative estimate of drug-likeness (QED) is 0.766. The highest BCUT2D eigenvalue weighted by Gasteiger charge is 2.16. The third-order valence-corrected chi connectivity index (χ3v) is 4.63. The minimum absolute atomic E-state index is 0.0163. The molecule has 0 aromatic heterocycles. The second-order valence-electron chi connectivity index (χ2n) is 6.34. The molecule has 0 atom stereocenters. The molecular formula is C20H23NO2. The molecule has 1 saturated carbocycles. The van der Waals surface area contributed by atoms with Crippen molar-refractivity contribution >= 4 is 11.6 Å². The van der Waals surface area contributed by atoms with Gasteiger partial charge >= 0.3 is 0 Å². The van der Waals surface area contributed by atoms with Gasteiger partial charge < -0.3 is 10.4 Å². The van der Waals surface area contributed by atoms with Crippen molar-refractivity contribution in [3.8, 4) is 16.9 Å². The van der Waals surface area contributed by atoms with Crippen LogP contribution in [-0.2, 0) is 4.79 Å². The lowest BCUT2D eigenvalue weighted by molar-refractivity contribution is -0.116. The van der Waals surface area contributed by atoms with Gasteiger partial charge in [0.2, 0.25) is 5.91 Å². The van der Waals surface area contributed by atoms with Gasteiger partial charge in [0, 0.05) is 6.42 Å². The Labute approximate surface area is 137 Å². The van der Waals surface area contributed by atoms with Crippen LogP contribution in [0.2, 0.25) is 0 Å². The first-order valence-corrected chi connectivity index (χ1v) is 8.40. The number of aromatic hydroxyl groups is 1. The highest BCUT2D eigenvalue weighted by molar-refractivity contribution is 5.93. The molecule has 3 nitrogen and oxygen atoms in total. The summed E-state index contributed by atoms with van der Waals surface area (Å²) >= 11 is 0. The van der Waals surface area contributed by atoms with Crippen molar-refractivity contribution in [2.45, 2.75) is 38.5 Å². The number of carbonyl (C=O) groups excluding carboxylic acids is 1. The van der Waals surface area contributed by atoms with Crippen molar-refractivity contribution in [3.05, 3.63) is 48.5 Å². The van der Waals surface area contributed by atoms with Crippen molar-refractivity contribution in [2.75, 3.05) is 5.32 Å². The van der Waals surface area contributed by atoms with Crippen LogP contribution in [0.3, 0.4) is 0 Å². The number of nitrogens with one attached hydrogen (secondary N) is 1. The number of amides is 1. The van der Waals surface area contributed by atoms with Crippen LogP contribution in [0.4, 0.5) is 5.69 Å².